The third kappa shape index (κ3) is 29.3. The van der Waals surface area contributed by atoms with Gasteiger partial charge in [0.1, 0.15) is 31.0 Å². The smallest absolute Gasteiger partial charge is 0.306 e. The third-order valence-electron chi connectivity index (χ3n) is 9.89. The molecule has 328 valence electrons. The molecular weight excluding hydrogens is 725 g/mol. The first-order valence-corrected chi connectivity index (χ1v) is 22.4. The van der Waals surface area contributed by atoms with Gasteiger partial charge in [0.05, 0.1) is 13.2 Å². The number of unbranched alkanes of at least 4 members (excludes halogenated alkanes) is 15. The van der Waals surface area contributed by atoms with Crippen molar-refractivity contribution in [3.05, 3.63) is 60.8 Å². The average molecular weight is 805 g/mol. The van der Waals surface area contributed by atoms with Crippen LogP contribution < -0.4 is 0 Å². The van der Waals surface area contributed by atoms with E-state index in [1.54, 1.807) is 0 Å². The van der Waals surface area contributed by atoms with Crippen molar-refractivity contribution in [1.29, 1.82) is 0 Å². The number of rotatable bonds is 36. The minimum absolute atomic E-state index is 0.198. The standard InChI is InChI=1S/C47H80O10/c1-3-5-7-9-11-13-15-17-19-20-22-24-26-28-30-32-34-36-43(50)56-40(39-55-47-46(53)45(52)44(51)41(37-48)57-47)38-54-42(49)35-33-31-29-27-25-23-21-18-16-14-12-10-8-6-4-2/h5,7,11,13,17-19,21-22,24,40-41,44-48,51-53H,3-4,6,8-10,12,14-16,20,23,25-39H2,1-2H3/b7-5-,13-11-,19-17-,21-18-,24-22-. The van der Waals surface area contributed by atoms with Crippen LogP contribution in [0.1, 0.15) is 168 Å². The van der Waals surface area contributed by atoms with Crippen molar-refractivity contribution in [2.45, 2.75) is 205 Å². The monoisotopic (exact) mass is 805 g/mol. The average Bonchev–Trinajstić information content (AvgIpc) is 3.21. The molecule has 0 radical (unpaired) electrons. The molecule has 0 aromatic carbocycles. The molecular formula is C47H80O10. The number of hydrogen-bond donors (Lipinski definition) is 4. The van der Waals surface area contributed by atoms with Gasteiger partial charge in [-0.2, -0.15) is 0 Å². The Morgan fingerprint density at radius 3 is 1.58 bits per heavy atom. The highest BCUT2D eigenvalue weighted by Crippen LogP contribution is 2.22. The van der Waals surface area contributed by atoms with Gasteiger partial charge in [0.15, 0.2) is 12.4 Å². The molecule has 1 saturated heterocycles. The molecule has 10 heteroatoms. The summed E-state index contributed by atoms with van der Waals surface area (Å²) in [5, 5.41) is 40.1. The number of carbonyl (C=O) groups is 2. The van der Waals surface area contributed by atoms with E-state index in [-0.39, 0.29) is 26.1 Å². The summed E-state index contributed by atoms with van der Waals surface area (Å²) in [6.07, 6.45) is 37.9. The van der Waals surface area contributed by atoms with E-state index >= 15 is 0 Å². The molecule has 0 saturated carbocycles. The fourth-order valence-corrected chi connectivity index (χ4v) is 6.35. The van der Waals surface area contributed by atoms with E-state index in [1.165, 1.54) is 44.9 Å². The van der Waals surface area contributed by atoms with Crippen molar-refractivity contribution in [1.82, 2.24) is 0 Å². The number of hydrogen-bond acceptors (Lipinski definition) is 10. The molecule has 57 heavy (non-hydrogen) atoms. The zero-order valence-electron chi connectivity index (χ0n) is 35.6. The zero-order valence-corrected chi connectivity index (χ0v) is 35.6. The number of aliphatic hydroxyl groups is 4. The fourth-order valence-electron chi connectivity index (χ4n) is 6.35. The Bertz CT molecular complexity index is 1110. The van der Waals surface area contributed by atoms with Gasteiger partial charge in [-0.15, -0.1) is 0 Å². The maximum Gasteiger partial charge on any atom is 0.306 e. The second kappa shape index (κ2) is 37.7. The first-order chi connectivity index (χ1) is 27.8. The van der Waals surface area contributed by atoms with Crippen molar-refractivity contribution < 1.29 is 49.0 Å². The molecule has 10 nitrogen and oxygen atoms in total. The van der Waals surface area contributed by atoms with E-state index in [4.69, 9.17) is 18.9 Å². The Balaban J connectivity index is 2.37. The van der Waals surface area contributed by atoms with Crippen molar-refractivity contribution in [2.24, 2.45) is 0 Å². The normalized spacial score (nSPS) is 20.8. The zero-order chi connectivity index (χ0) is 41.6. The summed E-state index contributed by atoms with van der Waals surface area (Å²) >= 11 is 0. The van der Waals surface area contributed by atoms with Crippen molar-refractivity contribution in [3.8, 4) is 0 Å². The Kier molecular flexibility index (Phi) is 34.6. The lowest BCUT2D eigenvalue weighted by molar-refractivity contribution is -0.305. The number of esters is 2. The van der Waals surface area contributed by atoms with Crippen LogP contribution in [-0.2, 0) is 28.5 Å². The maximum atomic E-state index is 12.8. The lowest BCUT2D eigenvalue weighted by Crippen LogP contribution is -2.59. The summed E-state index contributed by atoms with van der Waals surface area (Å²) in [6, 6.07) is 0. The van der Waals surface area contributed by atoms with Crippen molar-refractivity contribution in [3.63, 3.8) is 0 Å². The van der Waals surface area contributed by atoms with Crippen molar-refractivity contribution in [2.75, 3.05) is 19.8 Å². The molecule has 0 spiro atoms. The summed E-state index contributed by atoms with van der Waals surface area (Å²) in [5.74, 6) is -0.848. The fraction of sp³-hybridized carbons (Fsp3) is 0.745. The molecule has 1 fully saturated rings. The van der Waals surface area contributed by atoms with Gasteiger partial charge >= 0.3 is 11.9 Å². The molecule has 0 aromatic rings. The lowest BCUT2D eigenvalue weighted by atomic mass is 9.99. The Morgan fingerprint density at radius 2 is 1.04 bits per heavy atom. The van der Waals surface area contributed by atoms with Gasteiger partial charge in [-0.05, 0) is 77.0 Å². The number of aliphatic hydroxyl groups excluding tert-OH is 4. The molecule has 1 aliphatic rings. The van der Waals surface area contributed by atoms with Gasteiger partial charge < -0.3 is 39.4 Å². The lowest BCUT2D eigenvalue weighted by Gasteiger charge is -2.39. The van der Waals surface area contributed by atoms with Crippen molar-refractivity contribution >= 4 is 11.9 Å². The van der Waals surface area contributed by atoms with Crippen LogP contribution in [0.3, 0.4) is 0 Å². The van der Waals surface area contributed by atoms with E-state index in [2.05, 4.69) is 74.6 Å². The topological polar surface area (TPSA) is 152 Å². The van der Waals surface area contributed by atoms with Crippen LogP contribution in [0.5, 0.6) is 0 Å². The molecule has 4 N–H and O–H groups in total. The highest BCUT2D eigenvalue weighted by atomic mass is 16.7. The van der Waals surface area contributed by atoms with Crippen LogP contribution in [0, 0.1) is 0 Å². The second-order valence-electron chi connectivity index (χ2n) is 15.1. The summed E-state index contributed by atoms with van der Waals surface area (Å²) in [5.41, 5.74) is 0. The van der Waals surface area contributed by atoms with Gasteiger partial charge in [-0.1, -0.05) is 139 Å². The largest absolute Gasteiger partial charge is 0.462 e. The van der Waals surface area contributed by atoms with Crippen LogP contribution in [0.25, 0.3) is 0 Å². The molecule has 0 aromatic heterocycles. The van der Waals surface area contributed by atoms with E-state index in [1.807, 2.05) is 0 Å². The number of allylic oxidation sites excluding steroid dienone is 10. The van der Waals surface area contributed by atoms with E-state index in [0.717, 1.165) is 83.5 Å². The summed E-state index contributed by atoms with van der Waals surface area (Å²) in [7, 11) is 0. The summed E-state index contributed by atoms with van der Waals surface area (Å²) in [6.45, 7) is 3.26. The van der Waals surface area contributed by atoms with Gasteiger partial charge in [-0.25, -0.2) is 0 Å². The minimum atomic E-state index is -1.60. The molecule has 1 rings (SSSR count). The number of carbonyl (C=O) groups excluding carboxylic acids is 2. The molecule has 0 aliphatic carbocycles. The predicted octanol–water partition coefficient (Wildman–Crippen LogP) is 9.44. The van der Waals surface area contributed by atoms with Gasteiger partial charge in [0.2, 0.25) is 0 Å². The quantitative estimate of drug-likeness (QED) is 0.0274. The van der Waals surface area contributed by atoms with Gasteiger partial charge in [-0.3, -0.25) is 9.59 Å². The molecule has 6 unspecified atom stereocenters. The summed E-state index contributed by atoms with van der Waals surface area (Å²) in [4.78, 5) is 25.3. The summed E-state index contributed by atoms with van der Waals surface area (Å²) < 4.78 is 22.1. The highest BCUT2D eigenvalue weighted by Gasteiger charge is 2.44. The molecule has 6 atom stereocenters. The van der Waals surface area contributed by atoms with E-state index < -0.39 is 55.4 Å². The van der Waals surface area contributed by atoms with Gasteiger partial charge in [0.25, 0.3) is 0 Å². The molecule has 0 bridgehead atoms. The minimum Gasteiger partial charge on any atom is -0.462 e. The third-order valence-corrected chi connectivity index (χ3v) is 9.89. The first kappa shape index (κ1) is 52.4. The SMILES string of the molecule is CC/C=C\C/C=C\C/C=C\C/C=C\CCCCCCC(=O)OC(COC(=O)CCCCCCC/C=C\CCCCCCCC)COC1OC(CO)C(O)C(O)C1O. The maximum absolute atomic E-state index is 12.8. The second-order valence-corrected chi connectivity index (χ2v) is 15.1. The first-order valence-electron chi connectivity index (χ1n) is 22.4. The van der Waals surface area contributed by atoms with Crippen LogP contribution in [0.4, 0.5) is 0 Å². The molecule has 0 amide bonds. The predicted molar refractivity (Wildman–Crippen MR) is 228 cm³/mol. The Morgan fingerprint density at radius 1 is 0.561 bits per heavy atom. The van der Waals surface area contributed by atoms with Crippen LogP contribution in [-0.4, -0.2) is 89.0 Å². The van der Waals surface area contributed by atoms with E-state index in [9.17, 15) is 30.0 Å². The Hall–Kier alpha value is -2.60. The molecule has 1 aliphatic heterocycles. The molecule has 1 heterocycles. The Labute approximate surface area is 345 Å². The van der Waals surface area contributed by atoms with E-state index in [0.29, 0.717) is 12.8 Å². The van der Waals surface area contributed by atoms with Crippen LogP contribution in [0.2, 0.25) is 0 Å². The highest BCUT2D eigenvalue weighted by molar-refractivity contribution is 5.70. The van der Waals surface area contributed by atoms with Crippen LogP contribution >= 0.6 is 0 Å². The number of ether oxygens (including phenoxy) is 4. The van der Waals surface area contributed by atoms with Gasteiger partial charge in [0, 0.05) is 12.8 Å². The van der Waals surface area contributed by atoms with Crippen LogP contribution in [0.15, 0.2) is 60.8 Å².